The number of hydrogen-bond donors (Lipinski definition) is 0. The number of thioether (sulfide) groups is 1. The van der Waals surface area contributed by atoms with E-state index in [1.54, 1.807) is 49.4 Å². The highest BCUT2D eigenvalue weighted by Crippen LogP contribution is 2.21. The Morgan fingerprint density at radius 2 is 1.81 bits per heavy atom. The van der Waals surface area contributed by atoms with Crippen LogP contribution in [0.15, 0.2) is 76.1 Å². The minimum Gasteiger partial charge on any atom is -0.461 e. The summed E-state index contributed by atoms with van der Waals surface area (Å²) in [6, 6.07) is 14.8. The molecule has 0 saturated carbocycles. The number of carbonyl (C=O) groups is 1. The molecule has 0 aliphatic heterocycles. The maximum atomic E-state index is 12.3. The predicted octanol–water partition coefficient (Wildman–Crippen LogP) is 3.70. The number of benzene rings is 2. The maximum Gasteiger partial charge on any atom is 0.367 e. The van der Waals surface area contributed by atoms with E-state index in [9.17, 15) is 13.2 Å². The van der Waals surface area contributed by atoms with Gasteiger partial charge >= 0.3 is 16.1 Å². The van der Waals surface area contributed by atoms with E-state index in [-0.39, 0.29) is 16.5 Å². The summed E-state index contributed by atoms with van der Waals surface area (Å²) in [7, 11) is -4.16. The molecular formula is C18H17NO5S2. The third-order valence-electron chi connectivity index (χ3n) is 3.03. The average Bonchev–Trinajstić information content (AvgIpc) is 2.66. The van der Waals surface area contributed by atoms with Crippen LogP contribution in [-0.2, 0) is 23.9 Å². The highest BCUT2D eigenvalue weighted by Gasteiger charge is 2.20. The Labute approximate surface area is 156 Å². The molecule has 0 aromatic heterocycles. The van der Waals surface area contributed by atoms with Gasteiger partial charge in [0, 0.05) is 4.90 Å². The summed E-state index contributed by atoms with van der Waals surface area (Å²) in [5.41, 5.74) is 0.763. The van der Waals surface area contributed by atoms with Gasteiger partial charge in [-0.1, -0.05) is 59.9 Å². The van der Waals surface area contributed by atoms with E-state index in [1.165, 1.54) is 12.1 Å². The molecule has 136 valence electrons. The van der Waals surface area contributed by atoms with Gasteiger partial charge in [0.1, 0.15) is 4.90 Å². The van der Waals surface area contributed by atoms with Gasteiger partial charge in [-0.25, -0.2) is 4.79 Å². The zero-order chi connectivity index (χ0) is 19.0. The summed E-state index contributed by atoms with van der Waals surface area (Å²) in [6.45, 7) is 5.37. The van der Waals surface area contributed by atoms with Crippen LogP contribution in [-0.4, -0.2) is 26.0 Å². The van der Waals surface area contributed by atoms with Crippen molar-refractivity contribution in [2.45, 2.75) is 16.7 Å². The fraction of sp³-hybridized carbons (Fsp3) is 0.111. The fourth-order valence-corrected chi connectivity index (χ4v) is 3.30. The average molecular weight is 391 g/mol. The minimum absolute atomic E-state index is 0.0835. The molecular weight excluding hydrogens is 374 g/mol. The Hall–Kier alpha value is -2.58. The molecule has 0 N–H and O–H groups in total. The summed E-state index contributed by atoms with van der Waals surface area (Å²) in [5, 5.41) is 3.31. The number of nitrogens with zero attached hydrogens (tertiary/aromatic N) is 1. The van der Waals surface area contributed by atoms with Gasteiger partial charge in [0.05, 0.1) is 6.61 Å². The van der Waals surface area contributed by atoms with E-state index in [2.05, 4.69) is 11.7 Å². The lowest BCUT2D eigenvalue weighted by Crippen LogP contribution is -2.16. The molecule has 26 heavy (non-hydrogen) atoms. The topological polar surface area (TPSA) is 82.0 Å². The van der Waals surface area contributed by atoms with E-state index in [0.29, 0.717) is 4.90 Å². The van der Waals surface area contributed by atoms with Gasteiger partial charge in [-0.05, 0) is 36.8 Å². The van der Waals surface area contributed by atoms with Crippen molar-refractivity contribution in [1.29, 1.82) is 0 Å². The molecule has 0 atom stereocenters. The lowest BCUT2D eigenvalue weighted by Gasteiger charge is -2.06. The van der Waals surface area contributed by atoms with Crippen LogP contribution >= 0.6 is 11.8 Å². The van der Waals surface area contributed by atoms with E-state index >= 15 is 0 Å². The predicted molar refractivity (Wildman–Crippen MR) is 101 cm³/mol. The largest absolute Gasteiger partial charge is 0.461 e. The molecule has 0 unspecified atom stereocenters. The van der Waals surface area contributed by atoms with E-state index in [1.807, 2.05) is 6.07 Å². The SMILES string of the molecule is C=Cc1ccc(S(=O)(=O)O/N=C(\Sc2ccccc2)C(=O)OCC)cc1. The van der Waals surface area contributed by atoms with E-state index < -0.39 is 16.1 Å². The first kappa shape index (κ1) is 19.7. The van der Waals surface area contributed by atoms with Crippen molar-refractivity contribution in [3.63, 3.8) is 0 Å². The zero-order valence-corrected chi connectivity index (χ0v) is 15.6. The van der Waals surface area contributed by atoms with Crippen molar-refractivity contribution < 1.29 is 22.2 Å². The highest BCUT2D eigenvalue weighted by atomic mass is 32.2. The number of ether oxygens (including phenoxy) is 1. The second-order valence-corrected chi connectivity index (χ2v) is 7.42. The second kappa shape index (κ2) is 9.21. The first-order chi connectivity index (χ1) is 12.5. The lowest BCUT2D eigenvalue weighted by molar-refractivity contribution is -0.134. The molecule has 0 spiro atoms. The van der Waals surface area contributed by atoms with Crippen LogP contribution in [0.5, 0.6) is 0 Å². The first-order valence-electron chi connectivity index (χ1n) is 7.60. The summed E-state index contributed by atoms with van der Waals surface area (Å²) in [4.78, 5) is 12.6. The molecule has 0 aliphatic rings. The summed E-state index contributed by atoms with van der Waals surface area (Å²) >= 11 is 0.951. The van der Waals surface area contributed by atoms with Crippen LogP contribution < -0.4 is 0 Å². The zero-order valence-electron chi connectivity index (χ0n) is 14.0. The number of hydrogen-bond acceptors (Lipinski definition) is 7. The lowest BCUT2D eigenvalue weighted by atomic mass is 10.2. The third-order valence-corrected chi connectivity index (χ3v) is 5.09. The number of carbonyl (C=O) groups excluding carboxylic acids is 1. The van der Waals surface area contributed by atoms with Crippen LogP contribution in [0.4, 0.5) is 0 Å². The Bertz CT molecular complexity index is 891. The molecule has 0 heterocycles. The molecule has 0 fully saturated rings. The Kier molecular flexibility index (Phi) is 6.99. The van der Waals surface area contributed by atoms with Crippen LogP contribution in [0.3, 0.4) is 0 Å². The maximum absolute atomic E-state index is 12.3. The van der Waals surface area contributed by atoms with Gasteiger partial charge in [-0.2, -0.15) is 8.42 Å². The summed E-state index contributed by atoms with van der Waals surface area (Å²) < 4.78 is 34.1. The molecule has 0 amide bonds. The molecule has 2 rings (SSSR count). The van der Waals surface area contributed by atoms with Crippen molar-refractivity contribution in [3.8, 4) is 0 Å². The molecule has 0 bridgehead atoms. The Balaban J connectivity index is 2.24. The standard InChI is InChI=1S/C18H17NO5S2/c1-3-14-10-12-16(13-11-14)26(21,22)24-19-17(18(20)23-4-2)25-15-8-6-5-7-9-15/h3,5-13H,1,4H2,2H3/b19-17-. The van der Waals surface area contributed by atoms with Crippen molar-refractivity contribution >= 4 is 39.0 Å². The van der Waals surface area contributed by atoms with Gasteiger partial charge in [0.15, 0.2) is 0 Å². The van der Waals surface area contributed by atoms with Gasteiger partial charge in [0.25, 0.3) is 0 Å². The summed E-state index contributed by atoms with van der Waals surface area (Å²) in [6.07, 6.45) is 1.59. The van der Waals surface area contributed by atoms with Gasteiger partial charge < -0.3 is 4.74 Å². The van der Waals surface area contributed by atoms with Crippen LogP contribution in [0.2, 0.25) is 0 Å². The quantitative estimate of drug-likeness (QED) is 0.245. The molecule has 0 aliphatic carbocycles. The molecule has 2 aromatic carbocycles. The minimum atomic E-state index is -4.16. The Morgan fingerprint density at radius 1 is 1.15 bits per heavy atom. The van der Waals surface area contributed by atoms with Crippen molar-refractivity contribution in [3.05, 3.63) is 66.7 Å². The van der Waals surface area contributed by atoms with Crippen LogP contribution in [0, 0.1) is 0 Å². The number of oxime groups is 1. The molecule has 6 nitrogen and oxygen atoms in total. The smallest absolute Gasteiger partial charge is 0.367 e. The molecule has 0 saturated heterocycles. The Morgan fingerprint density at radius 3 is 2.38 bits per heavy atom. The van der Waals surface area contributed by atoms with E-state index in [4.69, 9.17) is 9.02 Å². The fourth-order valence-electron chi connectivity index (χ4n) is 1.79. The molecule has 0 radical (unpaired) electrons. The normalized spacial score (nSPS) is 11.7. The van der Waals surface area contributed by atoms with Crippen molar-refractivity contribution in [2.75, 3.05) is 6.61 Å². The van der Waals surface area contributed by atoms with Crippen LogP contribution in [0.1, 0.15) is 12.5 Å². The first-order valence-corrected chi connectivity index (χ1v) is 9.83. The van der Waals surface area contributed by atoms with Gasteiger partial charge in [-0.3, -0.25) is 4.28 Å². The molecule has 8 heteroatoms. The van der Waals surface area contributed by atoms with Gasteiger partial charge in [-0.15, -0.1) is 0 Å². The number of rotatable bonds is 6. The van der Waals surface area contributed by atoms with Crippen LogP contribution in [0.25, 0.3) is 6.08 Å². The third kappa shape index (κ3) is 5.47. The van der Waals surface area contributed by atoms with Crippen molar-refractivity contribution in [2.24, 2.45) is 5.16 Å². The van der Waals surface area contributed by atoms with Crippen molar-refractivity contribution in [1.82, 2.24) is 0 Å². The highest BCUT2D eigenvalue weighted by molar-refractivity contribution is 8.15. The number of esters is 1. The second-order valence-electron chi connectivity index (χ2n) is 4.83. The monoisotopic (exact) mass is 391 g/mol. The summed E-state index contributed by atoms with van der Waals surface area (Å²) in [5.74, 6) is -0.765. The van der Waals surface area contributed by atoms with E-state index in [0.717, 1.165) is 17.3 Å². The molecule has 2 aromatic rings. The van der Waals surface area contributed by atoms with Gasteiger partial charge in [0.2, 0.25) is 5.04 Å².